The summed E-state index contributed by atoms with van der Waals surface area (Å²) in [5, 5.41) is 11.1. The van der Waals surface area contributed by atoms with Crippen LogP contribution in [0.4, 0.5) is 0 Å². The van der Waals surface area contributed by atoms with Gasteiger partial charge in [0.2, 0.25) is 0 Å². The number of rotatable bonds is 10. The van der Waals surface area contributed by atoms with Gasteiger partial charge < -0.3 is 19.3 Å². The Morgan fingerprint density at radius 3 is 2.70 bits per heavy atom. The molecule has 30 heavy (non-hydrogen) atoms. The summed E-state index contributed by atoms with van der Waals surface area (Å²) in [6.07, 6.45) is 3.21. The molecule has 1 atom stereocenters. The van der Waals surface area contributed by atoms with Crippen LogP contribution in [0.15, 0.2) is 66.7 Å². The lowest BCUT2D eigenvalue weighted by Gasteiger charge is -2.15. The number of benzene rings is 2. The predicted molar refractivity (Wildman–Crippen MR) is 121 cm³/mol. The van der Waals surface area contributed by atoms with Gasteiger partial charge in [-0.05, 0) is 42.8 Å². The summed E-state index contributed by atoms with van der Waals surface area (Å²) in [5.41, 5.74) is 3.71. The first-order chi connectivity index (χ1) is 14.5. The normalized spacial score (nSPS) is 12.2. The quantitative estimate of drug-likeness (QED) is 0.494. The van der Waals surface area contributed by atoms with Gasteiger partial charge in [-0.15, -0.1) is 0 Å². The Labute approximate surface area is 177 Å². The topological polar surface area (TPSA) is 60.8 Å². The first kappa shape index (κ1) is 21.6. The number of aromatic nitrogens is 1. The van der Waals surface area contributed by atoms with E-state index >= 15 is 0 Å². The van der Waals surface area contributed by atoms with Crippen molar-refractivity contribution in [2.45, 2.75) is 13.0 Å². The van der Waals surface area contributed by atoms with E-state index in [1.54, 1.807) is 7.11 Å². The maximum absolute atomic E-state index is 9.99. The van der Waals surface area contributed by atoms with Gasteiger partial charge in [-0.2, -0.15) is 0 Å². The number of ether oxygens (including phenoxy) is 3. The van der Waals surface area contributed by atoms with E-state index in [-0.39, 0.29) is 13.2 Å². The Bertz CT molecular complexity index is 1030. The summed E-state index contributed by atoms with van der Waals surface area (Å²) >= 11 is 0. The van der Waals surface area contributed by atoms with Crippen LogP contribution in [0.5, 0.6) is 11.5 Å². The van der Waals surface area contributed by atoms with Crippen molar-refractivity contribution in [1.29, 1.82) is 0 Å². The monoisotopic (exact) mass is 405 g/mol. The van der Waals surface area contributed by atoms with Gasteiger partial charge in [-0.1, -0.05) is 48.6 Å². The number of pyridine rings is 1. The van der Waals surface area contributed by atoms with Gasteiger partial charge >= 0.3 is 0 Å². The largest absolute Gasteiger partial charge is 0.493 e. The molecule has 0 aliphatic rings. The second kappa shape index (κ2) is 10.6. The minimum atomic E-state index is -0.729. The number of methoxy groups -OCH3 is 1. The lowest BCUT2D eigenvalue weighted by Crippen LogP contribution is -2.24. The molecule has 0 radical (unpaired) electrons. The van der Waals surface area contributed by atoms with Crippen molar-refractivity contribution < 1.29 is 19.3 Å². The molecule has 5 nitrogen and oxygen atoms in total. The molecule has 156 valence electrons. The van der Waals surface area contributed by atoms with Crippen LogP contribution in [0, 0.1) is 0 Å². The Kier molecular flexibility index (Phi) is 7.60. The first-order valence-corrected chi connectivity index (χ1v) is 9.80. The zero-order valence-corrected chi connectivity index (χ0v) is 17.4. The van der Waals surface area contributed by atoms with Crippen LogP contribution in [0.25, 0.3) is 23.1 Å². The SMILES string of the molecule is C=C(C)COCC(O)COc1ccc(/C=C/c2ccc3ccccc3n2)cc1OC. The molecule has 1 heterocycles. The van der Waals surface area contributed by atoms with E-state index in [9.17, 15) is 5.11 Å². The molecule has 5 heteroatoms. The molecule has 2 aromatic carbocycles. The zero-order chi connectivity index (χ0) is 21.3. The van der Waals surface area contributed by atoms with E-state index in [1.165, 1.54) is 0 Å². The maximum Gasteiger partial charge on any atom is 0.161 e. The van der Waals surface area contributed by atoms with Crippen molar-refractivity contribution >= 4 is 23.1 Å². The van der Waals surface area contributed by atoms with Gasteiger partial charge in [0.25, 0.3) is 0 Å². The van der Waals surface area contributed by atoms with Crippen molar-refractivity contribution in [1.82, 2.24) is 4.98 Å². The number of hydrogen-bond donors (Lipinski definition) is 1. The number of hydrogen-bond acceptors (Lipinski definition) is 5. The standard InChI is InChI=1S/C25H27NO4/c1-18(2)15-29-16-22(27)17-30-24-13-9-19(14-25(24)28-3)8-11-21-12-10-20-6-4-5-7-23(20)26-21/h4-14,22,27H,1,15-17H2,2-3H3/b11-8+. The number of aliphatic hydroxyl groups is 1. The van der Waals surface area contributed by atoms with Gasteiger partial charge in [0.05, 0.1) is 31.5 Å². The van der Waals surface area contributed by atoms with Gasteiger partial charge in [-0.25, -0.2) is 4.98 Å². The number of aliphatic hydroxyl groups excluding tert-OH is 1. The molecular weight excluding hydrogens is 378 g/mol. The highest BCUT2D eigenvalue weighted by Crippen LogP contribution is 2.29. The first-order valence-electron chi connectivity index (χ1n) is 9.80. The van der Waals surface area contributed by atoms with E-state index in [0.29, 0.717) is 18.1 Å². The summed E-state index contributed by atoms with van der Waals surface area (Å²) in [6, 6.07) is 17.7. The van der Waals surface area contributed by atoms with E-state index in [4.69, 9.17) is 14.2 Å². The van der Waals surface area contributed by atoms with Gasteiger partial charge in [0.15, 0.2) is 11.5 Å². The molecule has 0 fully saturated rings. The van der Waals surface area contributed by atoms with Gasteiger partial charge in [0, 0.05) is 5.39 Å². The molecule has 1 aromatic heterocycles. The summed E-state index contributed by atoms with van der Waals surface area (Å²) < 4.78 is 16.5. The molecule has 0 spiro atoms. The van der Waals surface area contributed by atoms with Crippen molar-refractivity contribution in [3.05, 3.63) is 78.0 Å². The van der Waals surface area contributed by atoms with E-state index in [1.807, 2.05) is 67.6 Å². The molecule has 1 unspecified atom stereocenters. The minimum Gasteiger partial charge on any atom is -0.493 e. The van der Waals surface area contributed by atoms with Crippen LogP contribution in [0.3, 0.4) is 0 Å². The van der Waals surface area contributed by atoms with E-state index in [0.717, 1.165) is 27.7 Å². The fourth-order valence-corrected chi connectivity index (χ4v) is 2.87. The highest BCUT2D eigenvalue weighted by atomic mass is 16.5. The van der Waals surface area contributed by atoms with E-state index in [2.05, 4.69) is 17.6 Å². The van der Waals surface area contributed by atoms with Crippen LogP contribution in [-0.2, 0) is 4.74 Å². The third-order valence-corrected chi connectivity index (χ3v) is 4.34. The molecule has 3 rings (SSSR count). The van der Waals surface area contributed by atoms with Crippen LogP contribution in [0.2, 0.25) is 0 Å². The molecule has 0 aliphatic heterocycles. The molecule has 0 bridgehead atoms. The Morgan fingerprint density at radius 1 is 1.07 bits per heavy atom. The van der Waals surface area contributed by atoms with Crippen molar-refractivity contribution in [3.63, 3.8) is 0 Å². The molecule has 0 saturated heterocycles. The number of para-hydroxylation sites is 1. The summed E-state index contributed by atoms with van der Waals surface area (Å²) in [6.45, 7) is 6.36. The zero-order valence-electron chi connectivity index (χ0n) is 17.4. The third kappa shape index (κ3) is 6.17. The highest BCUT2D eigenvalue weighted by molar-refractivity contribution is 5.80. The van der Waals surface area contributed by atoms with Crippen LogP contribution >= 0.6 is 0 Å². The van der Waals surface area contributed by atoms with Gasteiger partial charge in [-0.3, -0.25) is 0 Å². The number of nitrogens with zero attached hydrogens (tertiary/aromatic N) is 1. The predicted octanol–water partition coefficient (Wildman–Crippen LogP) is 4.75. The second-order valence-electron chi connectivity index (χ2n) is 7.11. The molecule has 0 saturated carbocycles. The molecule has 3 aromatic rings. The fraction of sp³-hybridized carbons (Fsp3) is 0.240. The lowest BCUT2D eigenvalue weighted by molar-refractivity contribution is 0.0190. The Hall–Kier alpha value is -3.15. The average Bonchev–Trinajstić information content (AvgIpc) is 2.76. The second-order valence-corrected chi connectivity index (χ2v) is 7.11. The smallest absolute Gasteiger partial charge is 0.161 e. The Balaban J connectivity index is 1.62. The summed E-state index contributed by atoms with van der Waals surface area (Å²) in [4.78, 5) is 4.65. The molecule has 1 N–H and O–H groups in total. The van der Waals surface area contributed by atoms with Crippen molar-refractivity contribution in [3.8, 4) is 11.5 Å². The molecule has 0 amide bonds. The highest BCUT2D eigenvalue weighted by Gasteiger charge is 2.09. The van der Waals surface area contributed by atoms with Crippen LogP contribution in [-0.4, -0.2) is 43.1 Å². The minimum absolute atomic E-state index is 0.114. The molecule has 0 aliphatic carbocycles. The van der Waals surface area contributed by atoms with Crippen LogP contribution in [0.1, 0.15) is 18.2 Å². The Morgan fingerprint density at radius 2 is 1.90 bits per heavy atom. The van der Waals surface area contributed by atoms with E-state index < -0.39 is 6.10 Å². The fourth-order valence-electron chi connectivity index (χ4n) is 2.87. The maximum atomic E-state index is 9.99. The van der Waals surface area contributed by atoms with Crippen molar-refractivity contribution in [2.24, 2.45) is 0 Å². The average molecular weight is 405 g/mol. The summed E-state index contributed by atoms with van der Waals surface area (Å²) in [7, 11) is 1.59. The summed E-state index contributed by atoms with van der Waals surface area (Å²) in [5.74, 6) is 1.16. The third-order valence-electron chi connectivity index (χ3n) is 4.34. The number of fused-ring (bicyclic) bond motifs is 1. The van der Waals surface area contributed by atoms with Gasteiger partial charge in [0.1, 0.15) is 12.7 Å². The lowest BCUT2D eigenvalue weighted by atomic mass is 10.1. The molecular formula is C25H27NO4. The van der Waals surface area contributed by atoms with Crippen molar-refractivity contribution in [2.75, 3.05) is 26.9 Å². The van der Waals surface area contributed by atoms with Crippen LogP contribution < -0.4 is 9.47 Å².